The molecular formula is C11H22O2Si. The fourth-order valence-electron chi connectivity index (χ4n) is 0.826. The van der Waals surface area contributed by atoms with Crippen molar-refractivity contribution in [1.82, 2.24) is 0 Å². The van der Waals surface area contributed by atoms with E-state index in [1.165, 1.54) is 0 Å². The molecule has 2 nitrogen and oxygen atoms in total. The van der Waals surface area contributed by atoms with Crippen LogP contribution in [0, 0.1) is 12.3 Å². The van der Waals surface area contributed by atoms with Crippen LogP contribution in [0.3, 0.4) is 0 Å². The minimum atomic E-state index is -1.78. The zero-order valence-electron chi connectivity index (χ0n) is 9.92. The van der Waals surface area contributed by atoms with Gasteiger partial charge < -0.3 is 9.53 Å². The summed E-state index contributed by atoms with van der Waals surface area (Å²) < 4.78 is 5.93. The van der Waals surface area contributed by atoms with Gasteiger partial charge >= 0.3 is 0 Å². The Kier molecular flexibility index (Phi) is 4.86. The molecule has 1 N–H and O–H groups in total. The van der Waals surface area contributed by atoms with Crippen molar-refractivity contribution in [3.05, 3.63) is 0 Å². The van der Waals surface area contributed by atoms with E-state index in [0.717, 1.165) is 0 Å². The Morgan fingerprint density at radius 2 is 1.93 bits per heavy atom. The summed E-state index contributed by atoms with van der Waals surface area (Å²) >= 11 is 0. The van der Waals surface area contributed by atoms with E-state index >= 15 is 0 Å². The van der Waals surface area contributed by atoms with Crippen molar-refractivity contribution in [1.29, 1.82) is 0 Å². The Bertz CT molecular complexity index is 210. The minimum Gasteiger partial charge on any atom is -0.403 e. The summed E-state index contributed by atoms with van der Waals surface area (Å²) in [6.45, 7) is 10.9. The van der Waals surface area contributed by atoms with Gasteiger partial charge in [-0.25, -0.2) is 0 Å². The van der Waals surface area contributed by atoms with E-state index in [-0.39, 0.29) is 17.7 Å². The van der Waals surface area contributed by atoms with Crippen LogP contribution in [-0.2, 0) is 4.43 Å². The highest BCUT2D eigenvalue weighted by atomic mass is 28.4. The van der Waals surface area contributed by atoms with Crippen molar-refractivity contribution in [3.63, 3.8) is 0 Å². The molecule has 0 bridgehead atoms. The van der Waals surface area contributed by atoms with E-state index in [1.54, 1.807) is 0 Å². The normalized spacial score (nSPS) is 14.9. The van der Waals surface area contributed by atoms with Crippen LogP contribution in [-0.4, -0.2) is 26.1 Å². The molecule has 0 fully saturated rings. The van der Waals surface area contributed by atoms with Crippen LogP contribution in [0.4, 0.5) is 0 Å². The Morgan fingerprint density at radius 3 is 2.21 bits per heavy atom. The molecule has 0 spiro atoms. The SMILES string of the molecule is C#C[C@H](CCO)O[Si](C)(C)C(C)(C)C. The van der Waals surface area contributed by atoms with Gasteiger partial charge in [0, 0.05) is 13.0 Å². The molecule has 1 atom stereocenters. The summed E-state index contributed by atoms with van der Waals surface area (Å²) in [5.41, 5.74) is 0. The van der Waals surface area contributed by atoms with Crippen molar-refractivity contribution in [2.75, 3.05) is 6.61 Å². The van der Waals surface area contributed by atoms with Crippen LogP contribution in [0.15, 0.2) is 0 Å². The van der Waals surface area contributed by atoms with Crippen molar-refractivity contribution in [2.24, 2.45) is 0 Å². The number of hydrogen-bond acceptors (Lipinski definition) is 2. The van der Waals surface area contributed by atoms with Crippen LogP contribution in [0.2, 0.25) is 18.1 Å². The van der Waals surface area contributed by atoms with Gasteiger partial charge in [-0.15, -0.1) is 6.42 Å². The first kappa shape index (κ1) is 13.7. The molecule has 0 aromatic carbocycles. The largest absolute Gasteiger partial charge is 0.403 e. The second-order valence-corrected chi connectivity index (χ2v) is 9.80. The van der Waals surface area contributed by atoms with Gasteiger partial charge in [0.2, 0.25) is 0 Å². The van der Waals surface area contributed by atoms with Crippen LogP contribution in [0.25, 0.3) is 0 Å². The number of hydrogen-bond donors (Lipinski definition) is 1. The summed E-state index contributed by atoms with van der Waals surface area (Å²) in [5, 5.41) is 8.97. The molecule has 0 amide bonds. The quantitative estimate of drug-likeness (QED) is 0.575. The van der Waals surface area contributed by atoms with E-state index < -0.39 is 8.32 Å². The van der Waals surface area contributed by atoms with Crippen LogP contribution >= 0.6 is 0 Å². The lowest BCUT2D eigenvalue weighted by atomic mass is 10.2. The molecule has 0 rings (SSSR count). The molecule has 14 heavy (non-hydrogen) atoms. The lowest BCUT2D eigenvalue weighted by Gasteiger charge is -2.38. The fraction of sp³-hybridized carbons (Fsp3) is 0.818. The van der Waals surface area contributed by atoms with Gasteiger partial charge in [0.25, 0.3) is 0 Å². The summed E-state index contributed by atoms with van der Waals surface area (Å²) in [5.74, 6) is 2.58. The van der Waals surface area contributed by atoms with Crippen LogP contribution in [0.5, 0.6) is 0 Å². The molecule has 0 heterocycles. The molecule has 0 aromatic rings. The topological polar surface area (TPSA) is 29.5 Å². The average Bonchev–Trinajstić information content (AvgIpc) is 2.01. The maximum absolute atomic E-state index is 8.81. The Morgan fingerprint density at radius 1 is 1.43 bits per heavy atom. The van der Waals surface area contributed by atoms with Crippen LogP contribution < -0.4 is 0 Å². The van der Waals surface area contributed by atoms with E-state index in [2.05, 4.69) is 39.8 Å². The monoisotopic (exact) mass is 214 g/mol. The number of aliphatic hydroxyl groups is 1. The first-order valence-corrected chi connectivity index (χ1v) is 7.90. The molecule has 0 saturated carbocycles. The molecule has 0 aliphatic carbocycles. The zero-order chi connectivity index (χ0) is 11.4. The van der Waals surface area contributed by atoms with Gasteiger partial charge in [-0.2, -0.15) is 0 Å². The second kappa shape index (κ2) is 4.97. The Hall–Kier alpha value is -0.303. The molecule has 0 radical (unpaired) electrons. The fourth-order valence-corrected chi connectivity index (χ4v) is 2.08. The number of terminal acetylenes is 1. The highest BCUT2D eigenvalue weighted by molar-refractivity contribution is 6.74. The van der Waals surface area contributed by atoms with Crippen molar-refractivity contribution >= 4 is 8.32 Å². The maximum Gasteiger partial charge on any atom is 0.193 e. The van der Waals surface area contributed by atoms with Gasteiger partial charge in [-0.05, 0) is 18.1 Å². The maximum atomic E-state index is 8.81. The third-order valence-corrected chi connectivity index (χ3v) is 7.31. The van der Waals surface area contributed by atoms with E-state index in [4.69, 9.17) is 16.0 Å². The lowest BCUT2D eigenvalue weighted by Crippen LogP contribution is -2.43. The van der Waals surface area contributed by atoms with Gasteiger partial charge in [0.1, 0.15) is 6.10 Å². The molecule has 3 heteroatoms. The molecule has 0 aliphatic heterocycles. The number of rotatable bonds is 4. The highest BCUT2D eigenvalue weighted by Gasteiger charge is 2.38. The summed E-state index contributed by atoms with van der Waals surface area (Å²) in [6, 6.07) is 0. The van der Waals surface area contributed by atoms with Crippen LogP contribution in [0.1, 0.15) is 27.2 Å². The summed E-state index contributed by atoms with van der Waals surface area (Å²) in [7, 11) is -1.78. The molecular weight excluding hydrogens is 192 g/mol. The van der Waals surface area contributed by atoms with Crippen molar-refractivity contribution < 1.29 is 9.53 Å². The first-order valence-electron chi connectivity index (χ1n) is 4.99. The van der Waals surface area contributed by atoms with Gasteiger partial charge in [-0.1, -0.05) is 26.7 Å². The van der Waals surface area contributed by atoms with E-state index in [0.29, 0.717) is 6.42 Å². The van der Waals surface area contributed by atoms with Crippen molar-refractivity contribution in [2.45, 2.75) is 51.4 Å². The molecule has 0 unspecified atom stereocenters. The predicted octanol–water partition coefficient (Wildman–Crippen LogP) is 2.39. The van der Waals surface area contributed by atoms with Gasteiger partial charge in [-0.3, -0.25) is 0 Å². The van der Waals surface area contributed by atoms with E-state index in [1.807, 2.05) is 0 Å². The lowest BCUT2D eigenvalue weighted by molar-refractivity contribution is 0.181. The minimum absolute atomic E-state index is 0.0868. The van der Waals surface area contributed by atoms with Gasteiger partial charge in [0.05, 0.1) is 0 Å². The molecule has 0 saturated heterocycles. The Balaban J connectivity index is 4.42. The number of aliphatic hydroxyl groups excluding tert-OH is 1. The standard InChI is InChI=1S/C11H22O2Si/c1-7-10(8-9-12)13-14(5,6)11(2,3)4/h1,10,12H,8-9H2,2-6H3/t10-/m1/s1. The Labute approximate surface area is 88.8 Å². The third-order valence-electron chi connectivity index (χ3n) is 2.82. The smallest absolute Gasteiger partial charge is 0.193 e. The summed E-state index contributed by atoms with van der Waals surface area (Å²) in [6.07, 6.45) is 5.64. The third kappa shape index (κ3) is 3.83. The van der Waals surface area contributed by atoms with E-state index in [9.17, 15) is 0 Å². The zero-order valence-corrected chi connectivity index (χ0v) is 10.9. The summed E-state index contributed by atoms with van der Waals surface area (Å²) in [4.78, 5) is 0. The van der Waals surface area contributed by atoms with Crippen molar-refractivity contribution in [3.8, 4) is 12.3 Å². The highest BCUT2D eigenvalue weighted by Crippen LogP contribution is 2.37. The molecule has 0 aliphatic rings. The second-order valence-electron chi connectivity index (χ2n) is 5.05. The molecule has 82 valence electrons. The predicted molar refractivity (Wildman–Crippen MR) is 62.6 cm³/mol. The average molecular weight is 214 g/mol. The van der Waals surface area contributed by atoms with Gasteiger partial charge in [0.15, 0.2) is 8.32 Å². The molecule has 0 aromatic heterocycles. The first-order chi connectivity index (χ1) is 6.24.